The maximum Gasteiger partial charge on any atom is 0.344 e. The summed E-state index contributed by atoms with van der Waals surface area (Å²) in [5, 5.41) is 11.9. The smallest absolute Gasteiger partial charge is 0.336 e. The highest BCUT2D eigenvalue weighted by atomic mass is 32.2. The average Bonchev–Trinajstić information content (AvgIpc) is 3.46. The molecule has 1 saturated carbocycles. The second-order valence-electron chi connectivity index (χ2n) is 7.00. The van der Waals surface area contributed by atoms with Crippen molar-refractivity contribution in [3.8, 4) is 0 Å². The van der Waals surface area contributed by atoms with Crippen LogP contribution in [0.1, 0.15) is 43.5 Å². The molecule has 2 aromatic rings. The van der Waals surface area contributed by atoms with Gasteiger partial charge in [0.1, 0.15) is 5.54 Å². The molecule has 1 atom stereocenters. The summed E-state index contributed by atoms with van der Waals surface area (Å²) in [5.41, 5.74) is 1.85. The third kappa shape index (κ3) is 3.41. The first-order valence-corrected chi connectivity index (χ1v) is 10.3. The predicted octanol–water partition coefficient (Wildman–Crippen LogP) is 0.850. The number of amides is 4. The number of nitrogens with one attached hydrogen (secondary N) is 2. The van der Waals surface area contributed by atoms with Gasteiger partial charge in [-0.15, -0.1) is 10.2 Å². The van der Waals surface area contributed by atoms with E-state index in [2.05, 4.69) is 20.9 Å². The van der Waals surface area contributed by atoms with Crippen molar-refractivity contribution < 1.29 is 14.4 Å². The average molecular weight is 415 g/mol. The molecule has 0 spiro atoms. The number of rotatable bonds is 7. The zero-order valence-corrected chi connectivity index (χ0v) is 16.6. The molecule has 1 aliphatic heterocycles. The molecule has 1 aromatic heterocycles. The molecule has 1 saturated heterocycles. The van der Waals surface area contributed by atoms with Gasteiger partial charge in [-0.25, -0.2) is 9.47 Å². The minimum atomic E-state index is -1.20. The van der Waals surface area contributed by atoms with Crippen LogP contribution in [-0.2, 0) is 15.1 Å². The van der Waals surface area contributed by atoms with E-state index in [9.17, 15) is 14.4 Å². The van der Waals surface area contributed by atoms with Crippen molar-refractivity contribution in [1.82, 2.24) is 30.6 Å². The Morgan fingerprint density at radius 3 is 2.69 bits per heavy atom. The number of nitrogens with zero attached hydrogens (tertiary/aromatic N) is 4. The highest BCUT2D eigenvalue weighted by Gasteiger charge is 2.52. The molecule has 1 aromatic carbocycles. The zero-order chi connectivity index (χ0) is 20.6. The topological polar surface area (TPSA) is 135 Å². The van der Waals surface area contributed by atoms with Crippen molar-refractivity contribution in [2.75, 3.05) is 11.6 Å². The molecule has 0 radical (unpaired) electrons. The van der Waals surface area contributed by atoms with Gasteiger partial charge in [-0.05, 0) is 24.8 Å². The maximum absolute atomic E-state index is 13.0. The van der Waals surface area contributed by atoms with E-state index in [0.29, 0.717) is 28.9 Å². The lowest BCUT2D eigenvalue weighted by atomic mass is 9.87. The first kappa shape index (κ1) is 19.2. The third-order valence-corrected chi connectivity index (χ3v) is 6.03. The van der Waals surface area contributed by atoms with Crippen molar-refractivity contribution in [3.05, 3.63) is 41.7 Å². The fourth-order valence-electron chi connectivity index (χ4n) is 3.33. The Labute approximate surface area is 171 Å². The number of aromatic nitrogens is 3. The SMILES string of the molecule is CCC1(c2ccccc2)NC(=O)N(NC(=O)CSc2nnc(C3CC3)n2N)C1=O. The van der Waals surface area contributed by atoms with Gasteiger partial charge < -0.3 is 11.2 Å². The lowest BCUT2D eigenvalue weighted by Crippen LogP contribution is -2.49. The molecule has 2 fully saturated rings. The number of urea groups is 1. The van der Waals surface area contributed by atoms with Crippen LogP contribution in [0.2, 0.25) is 0 Å². The van der Waals surface area contributed by atoms with Crippen LogP contribution < -0.4 is 16.6 Å². The Bertz CT molecular complexity index is 960. The van der Waals surface area contributed by atoms with Crippen molar-refractivity contribution in [1.29, 1.82) is 0 Å². The van der Waals surface area contributed by atoms with Gasteiger partial charge in [-0.1, -0.05) is 49.0 Å². The first-order chi connectivity index (χ1) is 14.0. The number of hydrazine groups is 1. The van der Waals surface area contributed by atoms with Gasteiger partial charge in [-0.2, -0.15) is 5.01 Å². The Hall–Kier alpha value is -3.08. The molecule has 0 bridgehead atoms. The molecule has 1 unspecified atom stereocenters. The van der Waals surface area contributed by atoms with E-state index in [-0.39, 0.29) is 5.75 Å². The summed E-state index contributed by atoms with van der Waals surface area (Å²) in [5.74, 6) is 5.90. The van der Waals surface area contributed by atoms with Crippen LogP contribution in [0.25, 0.3) is 0 Å². The number of thioether (sulfide) groups is 1. The fourth-order valence-corrected chi connectivity index (χ4v) is 3.99. The number of carbonyl (C=O) groups is 3. The van der Waals surface area contributed by atoms with Gasteiger partial charge in [0.15, 0.2) is 5.82 Å². The molecular formula is C18H21N7O3S. The second kappa shape index (κ2) is 7.39. The number of carbonyl (C=O) groups excluding carboxylic acids is 3. The molecular weight excluding hydrogens is 394 g/mol. The van der Waals surface area contributed by atoms with Crippen LogP contribution in [0.15, 0.2) is 35.5 Å². The fraction of sp³-hybridized carbons (Fsp3) is 0.389. The van der Waals surface area contributed by atoms with Gasteiger partial charge in [0.05, 0.1) is 5.75 Å². The van der Waals surface area contributed by atoms with Crippen LogP contribution in [0.5, 0.6) is 0 Å². The molecule has 10 nitrogen and oxygen atoms in total. The Morgan fingerprint density at radius 1 is 1.31 bits per heavy atom. The molecule has 4 amide bonds. The molecule has 4 rings (SSSR count). The lowest BCUT2D eigenvalue weighted by Gasteiger charge is -2.25. The molecule has 2 aliphatic rings. The molecule has 2 heterocycles. The number of hydrogen-bond donors (Lipinski definition) is 3. The minimum Gasteiger partial charge on any atom is -0.336 e. The summed E-state index contributed by atoms with van der Waals surface area (Å²) in [6.07, 6.45) is 2.42. The van der Waals surface area contributed by atoms with E-state index in [1.807, 2.05) is 6.07 Å². The summed E-state index contributed by atoms with van der Waals surface area (Å²) in [6, 6.07) is 8.29. The minimum absolute atomic E-state index is 0.0679. The van der Waals surface area contributed by atoms with Gasteiger partial charge in [0, 0.05) is 5.92 Å². The summed E-state index contributed by atoms with van der Waals surface area (Å²) in [7, 11) is 0. The van der Waals surface area contributed by atoms with Crippen molar-refractivity contribution in [2.45, 2.75) is 42.8 Å². The summed E-state index contributed by atoms with van der Waals surface area (Å²) < 4.78 is 1.39. The third-order valence-electron chi connectivity index (χ3n) is 5.09. The predicted molar refractivity (Wildman–Crippen MR) is 105 cm³/mol. The van der Waals surface area contributed by atoms with E-state index in [4.69, 9.17) is 5.84 Å². The maximum atomic E-state index is 13.0. The lowest BCUT2D eigenvalue weighted by molar-refractivity contribution is -0.138. The van der Waals surface area contributed by atoms with E-state index < -0.39 is 23.4 Å². The molecule has 29 heavy (non-hydrogen) atoms. The van der Waals surface area contributed by atoms with Gasteiger partial charge >= 0.3 is 6.03 Å². The van der Waals surface area contributed by atoms with Crippen LogP contribution in [0, 0.1) is 0 Å². The van der Waals surface area contributed by atoms with Crippen LogP contribution in [-0.4, -0.2) is 43.5 Å². The molecule has 11 heteroatoms. The molecule has 4 N–H and O–H groups in total. The van der Waals surface area contributed by atoms with Gasteiger partial charge in [-0.3, -0.25) is 15.0 Å². The van der Waals surface area contributed by atoms with E-state index >= 15 is 0 Å². The number of hydrogen-bond acceptors (Lipinski definition) is 7. The van der Waals surface area contributed by atoms with Crippen molar-refractivity contribution in [2.24, 2.45) is 0 Å². The van der Waals surface area contributed by atoms with Gasteiger partial charge in [0.25, 0.3) is 5.91 Å². The van der Waals surface area contributed by atoms with Crippen molar-refractivity contribution >= 4 is 29.6 Å². The number of nitrogens with two attached hydrogens (primary N) is 1. The highest BCUT2D eigenvalue weighted by Crippen LogP contribution is 2.39. The summed E-state index contributed by atoms with van der Waals surface area (Å²) in [4.78, 5) is 37.8. The highest BCUT2D eigenvalue weighted by molar-refractivity contribution is 7.99. The molecule has 1 aliphatic carbocycles. The van der Waals surface area contributed by atoms with Crippen LogP contribution in [0.4, 0.5) is 4.79 Å². The zero-order valence-electron chi connectivity index (χ0n) is 15.8. The second-order valence-corrected chi connectivity index (χ2v) is 7.95. The largest absolute Gasteiger partial charge is 0.344 e. The Kier molecular flexibility index (Phi) is 4.91. The number of imide groups is 1. The number of benzene rings is 1. The molecule has 152 valence electrons. The van der Waals surface area contributed by atoms with E-state index in [0.717, 1.165) is 29.6 Å². The van der Waals surface area contributed by atoms with Crippen LogP contribution in [0.3, 0.4) is 0 Å². The van der Waals surface area contributed by atoms with Gasteiger partial charge in [0.2, 0.25) is 11.1 Å². The Morgan fingerprint density at radius 2 is 2.03 bits per heavy atom. The summed E-state index contributed by atoms with van der Waals surface area (Å²) >= 11 is 1.09. The van der Waals surface area contributed by atoms with Crippen molar-refractivity contribution in [3.63, 3.8) is 0 Å². The monoisotopic (exact) mass is 415 g/mol. The standard InChI is InChI=1S/C18H21N7O3S/c1-2-18(12-6-4-3-5-7-12)15(27)25(16(28)20-18)23-13(26)10-29-17-22-21-14(24(17)19)11-8-9-11/h3-7,11H,2,8-10,19H2,1H3,(H,20,28)(H,23,26). The van der Waals surface area contributed by atoms with E-state index in [1.165, 1.54) is 4.68 Å². The summed E-state index contributed by atoms with van der Waals surface area (Å²) in [6.45, 7) is 1.80. The first-order valence-electron chi connectivity index (χ1n) is 9.31. The Balaban J connectivity index is 1.41. The normalized spacial score (nSPS) is 21.3. The number of nitrogen functional groups attached to an aromatic ring is 1. The van der Waals surface area contributed by atoms with E-state index in [1.54, 1.807) is 31.2 Å². The quantitative estimate of drug-likeness (QED) is 0.346. The van der Waals surface area contributed by atoms with Crippen LogP contribution >= 0.6 is 11.8 Å².